The molecule has 0 saturated heterocycles. The summed E-state index contributed by atoms with van der Waals surface area (Å²) in [5.74, 6) is 1.27. The lowest BCUT2D eigenvalue weighted by Crippen LogP contribution is -2.16. The number of hydrogen-bond acceptors (Lipinski definition) is 5. The van der Waals surface area contributed by atoms with Gasteiger partial charge in [-0.25, -0.2) is 9.97 Å². The maximum absolute atomic E-state index is 12.7. The summed E-state index contributed by atoms with van der Waals surface area (Å²) in [7, 11) is 1.56. The van der Waals surface area contributed by atoms with Gasteiger partial charge < -0.3 is 15.4 Å². The van der Waals surface area contributed by atoms with Crippen molar-refractivity contribution in [2.45, 2.75) is 20.8 Å². The number of para-hydroxylation sites is 1. The first-order valence-corrected chi connectivity index (χ1v) is 9.09. The standard InChI is InChI=1S/C21H21ClN4O2/c1-12-6-5-7-13(2)20(12)26-21(27)17-11-19(24-14(3)23-17)25-15-8-9-18(28-4)16(22)10-15/h5-11H,1-4H3,(H,26,27)(H,23,24,25). The Kier molecular flexibility index (Phi) is 5.80. The normalized spacial score (nSPS) is 10.5. The van der Waals surface area contributed by atoms with Crippen LogP contribution in [0.3, 0.4) is 0 Å². The number of benzene rings is 2. The second kappa shape index (κ2) is 8.27. The van der Waals surface area contributed by atoms with Gasteiger partial charge in [0.2, 0.25) is 0 Å². The number of amides is 1. The van der Waals surface area contributed by atoms with Crippen molar-refractivity contribution in [3.05, 3.63) is 70.1 Å². The Morgan fingerprint density at radius 1 is 1.04 bits per heavy atom. The van der Waals surface area contributed by atoms with Crippen LogP contribution in [0.2, 0.25) is 5.02 Å². The monoisotopic (exact) mass is 396 g/mol. The number of rotatable bonds is 5. The molecule has 2 N–H and O–H groups in total. The number of nitrogens with zero attached hydrogens (tertiary/aromatic N) is 2. The zero-order valence-electron chi connectivity index (χ0n) is 16.1. The van der Waals surface area contributed by atoms with Gasteiger partial charge in [0.1, 0.15) is 23.1 Å². The second-order valence-electron chi connectivity index (χ2n) is 6.38. The average molecular weight is 397 g/mol. The highest BCUT2D eigenvalue weighted by molar-refractivity contribution is 6.32. The molecule has 0 spiro atoms. The Morgan fingerprint density at radius 2 is 1.75 bits per heavy atom. The Balaban J connectivity index is 1.85. The number of anilines is 3. The molecule has 0 aliphatic rings. The van der Waals surface area contributed by atoms with E-state index in [1.165, 1.54) is 0 Å². The summed E-state index contributed by atoms with van der Waals surface area (Å²) in [4.78, 5) is 21.4. The zero-order chi connectivity index (χ0) is 20.3. The van der Waals surface area contributed by atoms with E-state index in [9.17, 15) is 4.79 Å². The SMILES string of the molecule is COc1ccc(Nc2cc(C(=O)Nc3c(C)cccc3C)nc(C)n2)cc1Cl. The van der Waals surface area contributed by atoms with E-state index in [-0.39, 0.29) is 11.6 Å². The molecule has 28 heavy (non-hydrogen) atoms. The summed E-state index contributed by atoms with van der Waals surface area (Å²) in [6, 6.07) is 12.8. The van der Waals surface area contributed by atoms with Crippen LogP contribution in [0.25, 0.3) is 0 Å². The number of nitrogens with one attached hydrogen (secondary N) is 2. The average Bonchev–Trinajstić information content (AvgIpc) is 2.64. The van der Waals surface area contributed by atoms with Gasteiger partial charge in [0.25, 0.3) is 5.91 Å². The first-order chi connectivity index (χ1) is 13.4. The highest BCUT2D eigenvalue weighted by Crippen LogP contribution is 2.28. The highest BCUT2D eigenvalue weighted by atomic mass is 35.5. The number of hydrogen-bond donors (Lipinski definition) is 2. The van der Waals surface area contributed by atoms with Crippen LogP contribution in [0.5, 0.6) is 5.75 Å². The molecule has 1 aromatic heterocycles. The van der Waals surface area contributed by atoms with Crippen molar-refractivity contribution in [3.63, 3.8) is 0 Å². The van der Waals surface area contributed by atoms with Crippen molar-refractivity contribution < 1.29 is 9.53 Å². The van der Waals surface area contributed by atoms with Crippen molar-refractivity contribution in [2.75, 3.05) is 17.7 Å². The molecule has 0 bridgehead atoms. The van der Waals surface area contributed by atoms with Gasteiger partial charge in [-0.3, -0.25) is 4.79 Å². The fourth-order valence-electron chi connectivity index (χ4n) is 2.83. The molecule has 1 heterocycles. The molecule has 0 unspecified atom stereocenters. The highest BCUT2D eigenvalue weighted by Gasteiger charge is 2.14. The molecule has 2 aromatic carbocycles. The molecule has 7 heteroatoms. The minimum absolute atomic E-state index is 0.275. The van der Waals surface area contributed by atoms with Crippen LogP contribution in [-0.4, -0.2) is 23.0 Å². The van der Waals surface area contributed by atoms with E-state index in [1.54, 1.807) is 32.2 Å². The van der Waals surface area contributed by atoms with Gasteiger partial charge in [0, 0.05) is 17.4 Å². The lowest BCUT2D eigenvalue weighted by molar-refractivity contribution is 0.102. The summed E-state index contributed by atoms with van der Waals surface area (Å²) in [6.07, 6.45) is 0. The minimum atomic E-state index is -0.293. The van der Waals surface area contributed by atoms with E-state index in [0.717, 1.165) is 22.5 Å². The minimum Gasteiger partial charge on any atom is -0.495 e. The first-order valence-electron chi connectivity index (χ1n) is 8.71. The lowest BCUT2D eigenvalue weighted by Gasteiger charge is -2.13. The Morgan fingerprint density at radius 3 is 2.39 bits per heavy atom. The van der Waals surface area contributed by atoms with E-state index in [4.69, 9.17) is 16.3 Å². The van der Waals surface area contributed by atoms with Crippen molar-refractivity contribution in [1.29, 1.82) is 0 Å². The molecular formula is C21H21ClN4O2. The number of carbonyl (C=O) groups is 1. The largest absolute Gasteiger partial charge is 0.495 e. The third-order valence-corrected chi connectivity index (χ3v) is 4.51. The van der Waals surface area contributed by atoms with Crippen molar-refractivity contribution in [1.82, 2.24) is 9.97 Å². The summed E-state index contributed by atoms with van der Waals surface area (Å²) in [5.41, 5.74) is 3.78. The van der Waals surface area contributed by atoms with E-state index >= 15 is 0 Å². The lowest BCUT2D eigenvalue weighted by atomic mass is 10.1. The molecule has 0 saturated carbocycles. The zero-order valence-corrected chi connectivity index (χ0v) is 16.9. The van der Waals surface area contributed by atoms with E-state index < -0.39 is 0 Å². The van der Waals surface area contributed by atoms with Gasteiger partial charge in [0.05, 0.1) is 12.1 Å². The van der Waals surface area contributed by atoms with Gasteiger partial charge in [-0.2, -0.15) is 0 Å². The van der Waals surface area contributed by atoms with E-state index in [2.05, 4.69) is 20.6 Å². The number of methoxy groups -OCH3 is 1. The van der Waals surface area contributed by atoms with E-state index in [0.29, 0.717) is 22.4 Å². The molecule has 0 fully saturated rings. The number of aryl methyl sites for hydroxylation is 3. The first kappa shape index (κ1) is 19.6. The van der Waals surface area contributed by atoms with Crippen LogP contribution in [-0.2, 0) is 0 Å². The van der Waals surface area contributed by atoms with Gasteiger partial charge in [-0.1, -0.05) is 29.8 Å². The van der Waals surface area contributed by atoms with Gasteiger partial charge in [0.15, 0.2) is 0 Å². The summed E-state index contributed by atoms with van der Waals surface area (Å²) < 4.78 is 5.16. The van der Waals surface area contributed by atoms with Crippen molar-refractivity contribution in [3.8, 4) is 5.75 Å². The summed E-state index contributed by atoms with van der Waals surface area (Å²) >= 11 is 6.17. The van der Waals surface area contributed by atoms with Gasteiger partial charge in [-0.05, 0) is 50.1 Å². The molecule has 0 radical (unpaired) electrons. The van der Waals surface area contributed by atoms with E-state index in [1.807, 2.05) is 38.1 Å². The van der Waals surface area contributed by atoms with Crippen LogP contribution in [0.15, 0.2) is 42.5 Å². The maximum atomic E-state index is 12.7. The molecular weight excluding hydrogens is 376 g/mol. The third kappa shape index (κ3) is 4.40. The molecule has 6 nitrogen and oxygen atoms in total. The molecule has 0 aliphatic carbocycles. The van der Waals surface area contributed by atoms with Crippen LogP contribution >= 0.6 is 11.6 Å². The fourth-order valence-corrected chi connectivity index (χ4v) is 3.09. The van der Waals surface area contributed by atoms with Gasteiger partial charge in [-0.15, -0.1) is 0 Å². The molecule has 3 aromatic rings. The van der Waals surface area contributed by atoms with Crippen LogP contribution in [0.1, 0.15) is 27.4 Å². The molecule has 0 atom stereocenters. The Labute approximate surface area is 168 Å². The fraction of sp³-hybridized carbons (Fsp3) is 0.190. The summed E-state index contributed by atoms with van der Waals surface area (Å²) in [6.45, 7) is 5.64. The number of ether oxygens (including phenoxy) is 1. The third-order valence-electron chi connectivity index (χ3n) is 4.21. The predicted octanol–water partition coefficient (Wildman–Crippen LogP) is 5.06. The predicted molar refractivity (Wildman–Crippen MR) is 112 cm³/mol. The number of halogens is 1. The Bertz CT molecular complexity index is 1020. The van der Waals surface area contributed by atoms with Crippen molar-refractivity contribution >= 4 is 34.7 Å². The molecule has 3 rings (SSSR count). The quantitative estimate of drug-likeness (QED) is 0.630. The molecule has 0 aliphatic heterocycles. The smallest absolute Gasteiger partial charge is 0.274 e. The molecule has 144 valence electrons. The topological polar surface area (TPSA) is 76.1 Å². The second-order valence-corrected chi connectivity index (χ2v) is 6.79. The number of carbonyl (C=O) groups excluding carboxylic acids is 1. The van der Waals surface area contributed by atoms with Crippen LogP contribution < -0.4 is 15.4 Å². The number of aromatic nitrogens is 2. The van der Waals surface area contributed by atoms with Crippen molar-refractivity contribution in [2.24, 2.45) is 0 Å². The van der Waals surface area contributed by atoms with Crippen LogP contribution in [0, 0.1) is 20.8 Å². The summed E-state index contributed by atoms with van der Waals surface area (Å²) in [5, 5.41) is 6.57. The Hall–Kier alpha value is -3.12. The van der Waals surface area contributed by atoms with Gasteiger partial charge >= 0.3 is 0 Å². The van der Waals surface area contributed by atoms with Crippen LogP contribution in [0.4, 0.5) is 17.2 Å². The maximum Gasteiger partial charge on any atom is 0.274 e. The molecule has 1 amide bonds.